The normalized spacial score (nSPS) is 12.1. The van der Waals surface area contributed by atoms with Crippen LogP contribution >= 0.6 is 0 Å². The number of fused-ring (bicyclic) bond motifs is 1. The summed E-state index contributed by atoms with van der Waals surface area (Å²) in [4.78, 5) is 22.4. The molecule has 0 saturated carbocycles. The van der Waals surface area contributed by atoms with Crippen molar-refractivity contribution in [2.45, 2.75) is 26.4 Å². The molecule has 0 heterocycles. The van der Waals surface area contributed by atoms with E-state index in [0.29, 0.717) is 0 Å². The van der Waals surface area contributed by atoms with Crippen LogP contribution in [0.4, 0.5) is 0 Å². The minimum Gasteiger partial charge on any atom is -0.457 e. The largest absolute Gasteiger partial charge is 0.457 e. The van der Waals surface area contributed by atoms with Gasteiger partial charge < -0.3 is 4.74 Å². The number of esters is 1. The van der Waals surface area contributed by atoms with Crippen LogP contribution < -0.4 is 0 Å². The molecule has 0 unspecified atom stereocenters. The van der Waals surface area contributed by atoms with Crippen molar-refractivity contribution in [3.8, 4) is 0 Å². The van der Waals surface area contributed by atoms with Gasteiger partial charge in [0.1, 0.15) is 18.3 Å². The van der Waals surface area contributed by atoms with E-state index in [2.05, 4.69) is 0 Å². The predicted octanol–water partition coefficient (Wildman–Crippen LogP) is 3.42. The summed E-state index contributed by atoms with van der Waals surface area (Å²) in [6, 6.07) is 13.8. The summed E-state index contributed by atoms with van der Waals surface area (Å²) >= 11 is 0. The molecule has 0 spiro atoms. The molecule has 0 fully saturated rings. The topological polar surface area (TPSA) is 43.4 Å². The van der Waals surface area contributed by atoms with Gasteiger partial charge in [-0.2, -0.15) is 0 Å². The summed E-state index contributed by atoms with van der Waals surface area (Å²) in [7, 11) is 0. The molecule has 2 rings (SSSR count). The molecule has 1 atom stereocenters. The lowest BCUT2D eigenvalue weighted by atomic mass is 10.0. The van der Waals surface area contributed by atoms with Crippen LogP contribution in [0.15, 0.2) is 42.5 Å². The second-order valence-corrected chi connectivity index (χ2v) is 4.58. The number of carbonyl (C=O) groups excluding carboxylic acids is 2. The monoisotopic (exact) mass is 256 g/mol. The number of Topliss-reactive ketones (excluding diaryl/α,β-unsaturated/α-hetero) is 1. The van der Waals surface area contributed by atoms with Gasteiger partial charge in [0.15, 0.2) is 0 Å². The van der Waals surface area contributed by atoms with E-state index in [9.17, 15) is 9.59 Å². The number of benzene rings is 2. The van der Waals surface area contributed by atoms with Crippen LogP contribution in [0.1, 0.15) is 31.9 Å². The average Bonchev–Trinajstić information content (AvgIpc) is 2.36. The van der Waals surface area contributed by atoms with Crippen LogP contribution in [-0.4, -0.2) is 11.8 Å². The van der Waals surface area contributed by atoms with E-state index in [1.165, 1.54) is 6.92 Å². The van der Waals surface area contributed by atoms with Crippen LogP contribution in [0.25, 0.3) is 10.8 Å². The summed E-state index contributed by atoms with van der Waals surface area (Å²) in [5, 5.41) is 2.17. The van der Waals surface area contributed by atoms with Crippen molar-refractivity contribution in [3.63, 3.8) is 0 Å². The SMILES string of the molecule is CC(=O)CC(=O)O[C@H](C)c1cccc2ccccc12. The zero-order valence-electron chi connectivity index (χ0n) is 11.1. The molecule has 3 heteroatoms. The van der Waals surface area contributed by atoms with Crippen LogP contribution in [0.5, 0.6) is 0 Å². The van der Waals surface area contributed by atoms with Gasteiger partial charge in [0.05, 0.1) is 0 Å². The second-order valence-electron chi connectivity index (χ2n) is 4.58. The summed E-state index contributed by atoms with van der Waals surface area (Å²) in [6.07, 6.45) is -0.535. The third kappa shape index (κ3) is 3.19. The first-order valence-corrected chi connectivity index (χ1v) is 6.24. The Balaban J connectivity index is 2.24. The second kappa shape index (κ2) is 5.65. The van der Waals surface area contributed by atoms with Crippen LogP contribution in [0.3, 0.4) is 0 Å². The summed E-state index contributed by atoms with van der Waals surface area (Å²) < 4.78 is 5.30. The third-order valence-electron chi connectivity index (χ3n) is 2.96. The quantitative estimate of drug-likeness (QED) is 0.622. The fourth-order valence-electron chi connectivity index (χ4n) is 2.11. The first kappa shape index (κ1) is 13.3. The minimum atomic E-state index is -0.479. The highest BCUT2D eigenvalue weighted by molar-refractivity contribution is 5.94. The number of ether oxygens (including phenoxy) is 1. The molecule has 0 amide bonds. The zero-order chi connectivity index (χ0) is 13.8. The van der Waals surface area contributed by atoms with E-state index in [1.807, 2.05) is 49.4 Å². The Morgan fingerprint density at radius 1 is 1.11 bits per heavy atom. The van der Waals surface area contributed by atoms with Crippen molar-refractivity contribution >= 4 is 22.5 Å². The number of hydrogen-bond acceptors (Lipinski definition) is 3. The molecule has 19 heavy (non-hydrogen) atoms. The van der Waals surface area contributed by atoms with Crippen LogP contribution in [-0.2, 0) is 14.3 Å². The molecule has 0 aromatic heterocycles. The van der Waals surface area contributed by atoms with E-state index in [-0.39, 0.29) is 18.3 Å². The molecule has 3 nitrogen and oxygen atoms in total. The highest BCUT2D eigenvalue weighted by atomic mass is 16.5. The zero-order valence-corrected chi connectivity index (χ0v) is 11.1. The Morgan fingerprint density at radius 3 is 2.53 bits per heavy atom. The van der Waals surface area contributed by atoms with Crippen molar-refractivity contribution in [2.24, 2.45) is 0 Å². The van der Waals surface area contributed by atoms with E-state index < -0.39 is 5.97 Å². The maximum atomic E-state index is 11.5. The van der Waals surface area contributed by atoms with Crippen molar-refractivity contribution < 1.29 is 14.3 Å². The Morgan fingerprint density at radius 2 is 1.79 bits per heavy atom. The van der Waals surface area contributed by atoms with Gasteiger partial charge in [-0.3, -0.25) is 9.59 Å². The van der Waals surface area contributed by atoms with Crippen molar-refractivity contribution in [1.29, 1.82) is 0 Å². The van der Waals surface area contributed by atoms with Gasteiger partial charge in [-0.1, -0.05) is 42.5 Å². The smallest absolute Gasteiger partial charge is 0.313 e. The molecule has 0 aliphatic carbocycles. The molecule has 0 aliphatic heterocycles. The standard InChI is InChI=1S/C16H16O3/c1-11(17)10-16(18)19-12(2)14-9-5-7-13-6-3-4-8-15(13)14/h3-9,12H,10H2,1-2H3/t12-/m1/s1. The molecule has 2 aromatic carbocycles. The number of carbonyl (C=O) groups is 2. The van der Waals surface area contributed by atoms with Gasteiger partial charge >= 0.3 is 5.97 Å². The minimum absolute atomic E-state index is 0.172. The highest BCUT2D eigenvalue weighted by Crippen LogP contribution is 2.26. The Hall–Kier alpha value is -2.16. The molecule has 0 radical (unpaired) electrons. The van der Waals surface area contributed by atoms with Gasteiger partial charge in [-0.15, -0.1) is 0 Å². The molecule has 0 N–H and O–H groups in total. The lowest BCUT2D eigenvalue weighted by Gasteiger charge is -2.15. The molecule has 98 valence electrons. The molecule has 2 aromatic rings. The van der Waals surface area contributed by atoms with E-state index in [0.717, 1.165) is 16.3 Å². The Kier molecular flexibility index (Phi) is 3.95. The van der Waals surface area contributed by atoms with Gasteiger partial charge in [-0.25, -0.2) is 0 Å². The van der Waals surface area contributed by atoms with Crippen LogP contribution in [0.2, 0.25) is 0 Å². The van der Waals surface area contributed by atoms with Gasteiger partial charge in [0, 0.05) is 0 Å². The van der Waals surface area contributed by atoms with Crippen molar-refractivity contribution in [2.75, 3.05) is 0 Å². The number of hydrogen-bond donors (Lipinski definition) is 0. The fourth-order valence-corrected chi connectivity index (χ4v) is 2.11. The molecule has 0 bridgehead atoms. The maximum absolute atomic E-state index is 11.5. The Bertz CT molecular complexity index is 611. The fraction of sp³-hybridized carbons (Fsp3) is 0.250. The summed E-state index contributed by atoms with van der Waals surface area (Å²) in [5.74, 6) is -0.664. The number of rotatable bonds is 4. The molecule has 0 aliphatic rings. The van der Waals surface area contributed by atoms with Crippen LogP contribution in [0, 0.1) is 0 Å². The first-order chi connectivity index (χ1) is 9.08. The maximum Gasteiger partial charge on any atom is 0.313 e. The van der Waals surface area contributed by atoms with Gasteiger partial charge in [0.2, 0.25) is 0 Å². The van der Waals surface area contributed by atoms with E-state index >= 15 is 0 Å². The van der Waals surface area contributed by atoms with E-state index in [1.54, 1.807) is 0 Å². The molecular formula is C16H16O3. The van der Waals surface area contributed by atoms with E-state index in [4.69, 9.17) is 4.74 Å². The molecule has 0 saturated heterocycles. The van der Waals surface area contributed by atoms with Gasteiger partial charge in [-0.05, 0) is 30.2 Å². The summed E-state index contributed by atoms with van der Waals surface area (Å²) in [5.41, 5.74) is 0.954. The summed E-state index contributed by atoms with van der Waals surface area (Å²) in [6.45, 7) is 3.20. The Labute approximate surface area is 112 Å². The van der Waals surface area contributed by atoms with Crippen molar-refractivity contribution in [3.05, 3.63) is 48.0 Å². The highest BCUT2D eigenvalue weighted by Gasteiger charge is 2.15. The van der Waals surface area contributed by atoms with Gasteiger partial charge in [0.25, 0.3) is 0 Å². The number of ketones is 1. The predicted molar refractivity (Wildman–Crippen MR) is 73.8 cm³/mol. The molecular weight excluding hydrogens is 240 g/mol. The third-order valence-corrected chi connectivity index (χ3v) is 2.96. The van der Waals surface area contributed by atoms with Crippen molar-refractivity contribution in [1.82, 2.24) is 0 Å². The first-order valence-electron chi connectivity index (χ1n) is 6.24. The lowest BCUT2D eigenvalue weighted by Crippen LogP contribution is -2.12. The lowest BCUT2D eigenvalue weighted by molar-refractivity contribution is -0.150. The average molecular weight is 256 g/mol.